The van der Waals surface area contributed by atoms with Gasteiger partial charge in [0.25, 0.3) is 5.91 Å². The number of anilines is 2. The molecular formula is C13H12BrN3O. The molecule has 0 aliphatic carbocycles. The first-order valence-corrected chi connectivity index (χ1v) is 6.14. The molecule has 0 saturated carbocycles. The van der Waals surface area contributed by atoms with Gasteiger partial charge in [-0.25, -0.2) is 0 Å². The molecule has 0 radical (unpaired) electrons. The third-order valence-corrected chi connectivity index (χ3v) is 3.04. The lowest BCUT2D eigenvalue weighted by molar-refractivity contribution is 0.102. The van der Waals surface area contributed by atoms with Crippen LogP contribution in [0.15, 0.2) is 41.1 Å². The molecule has 2 rings (SSSR count). The standard InChI is InChI=1S/C13H12BrN3O/c1-8-2-3-9(14)6-10(8)13(18)17-12-4-5-16-7-11(12)15/h2-7H,15H2,1H3,(H,16,17,18). The lowest BCUT2D eigenvalue weighted by Crippen LogP contribution is -2.14. The van der Waals surface area contributed by atoms with Crippen molar-refractivity contribution in [2.24, 2.45) is 0 Å². The number of amides is 1. The molecule has 0 unspecified atom stereocenters. The number of halogens is 1. The van der Waals surface area contributed by atoms with E-state index in [9.17, 15) is 4.79 Å². The molecule has 1 aromatic heterocycles. The lowest BCUT2D eigenvalue weighted by Gasteiger charge is -2.09. The van der Waals surface area contributed by atoms with Gasteiger partial charge >= 0.3 is 0 Å². The number of rotatable bonds is 2. The highest BCUT2D eigenvalue weighted by atomic mass is 79.9. The summed E-state index contributed by atoms with van der Waals surface area (Å²) >= 11 is 3.35. The van der Waals surface area contributed by atoms with Crippen LogP contribution in [0.3, 0.4) is 0 Å². The lowest BCUT2D eigenvalue weighted by atomic mass is 10.1. The van der Waals surface area contributed by atoms with Crippen LogP contribution >= 0.6 is 15.9 Å². The minimum atomic E-state index is -0.188. The first-order chi connectivity index (χ1) is 8.58. The second-order valence-electron chi connectivity index (χ2n) is 3.88. The number of hydrogen-bond donors (Lipinski definition) is 2. The first kappa shape index (κ1) is 12.6. The summed E-state index contributed by atoms with van der Waals surface area (Å²) in [5.74, 6) is -0.188. The first-order valence-electron chi connectivity index (χ1n) is 5.35. The average Bonchev–Trinajstić information content (AvgIpc) is 2.35. The topological polar surface area (TPSA) is 68.0 Å². The summed E-state index contributed by atoms with van der Waals surface area (Å²) in [6, 6.07) is 7.23. The van der Waals surface area contributed by atoms with E-state index in [1.54, 1.807) is 18.3 Å². The summed E-state index contributed by atoms with van der Waals surface area (Å²) in [6.45, 7) is 1.89. The molecule has 0 bridgehead atoms. The van der Waals surface area contributed by atoms with Crippen LogP contribution in [-0.2, 0) is 0 Å². The number of carbonyl (C=O) groups is 1. The number of nitrogens with two attached hydrogens (primary N) is 1. The van der Waals surface area contributed by atoms with Crippen molar-refractivity contribution in [1.29, 1.82) is 0 Å². The van der Waals surface area contributed by atoms with Gasteiger partial charge in [-0.15, -0.1) is 0 Å². The molecule has 1 heterocycles. The van der Waals surface area contributed by atoms with Crippen molar-refractivity contribution < 1.29 is 4.79 Å². The molecule has 5 heteroatoms. The van der Waals surface area contributed by atoms with E-state index in [0.717, 1.165) is 10.0 Å². The summed E-state index contributed by atoms with van der Waals surface area (Å²) in [6.07, 6.45) is 3.09. The molecule has 92 valence electrons. The molecule has 0 aliphatic rings. The van der Waals surface area contributed by atoms with Gasteiger partial charge in [-0.2, -0.15) is 0 Å². The van der Waals surface area contributed by atoms with E-state index in [0.29, 0.717) is 16.9 Å². The summed E-state index contributed by atoms with van der Waals surface area (Å²) in [5.41, 5.74) is 8.25. The monoisotopic (exact) mass is 305 g/mol. The Hall–Kier alpha value is -1.88. The summed E-state index contributed by atoms with van der Waals surface area (Å²) in [7, 11) is 0. The maximum absolute atomic E-state index is 12.1. The molecule has 2 aromatic rings. The van der Waals surface area contributed by atoms with Gasteiger partial charge in [-0.05, 0) is 30.7 Å². The van der Waals surface area contributed by atoms with Gasteiger partial charge < -0.3 is 11.1 Å². The Labute approximate surface area is 113 Å². The van der Waals surface area contributed by atoms with E-state index in [-0.39, 0.29) is 5.91 Å². The van der Waals surface area contributed by atoms with Crippen molar-refractivity contribution in [1.82, 2.24) is 4.98 Å². The minimum Gasteiger partial charge on any atom is -0.396 e. The average molecular weight is 306 g/mol. The van der Waals surface area contributed by atoms with Crippen molar-refractivity contribution in [2.75, 3.05) is 11.1 Å². The number of carbonyl (C=O) groups excluding carboxylic acids is 1. The van der Waals surface area contributed by atoms with Gasteiger partial charge in [0.2, 0.25) is 0 Å². The summed E-state index contributed by atoms with van der Waals surface area (Å²) < 4.78 is 0.862. The predicted molar refractivity (Wildman–Crippen MR) is 75.5 cm³/mol. The highest BCUT2D eigenvalue weighted by Crippen LogP contribution is 2.20. The van der Waals surface area contributed by atoms with E-state index in [4.69, 9.17) is 5.73 Å². The molecule has 0 aliphatic heterocycles. The van der Waals surface area contributed by atoms with Gasteiger partial charge in [0.05, 0.1) is 17.6 Å². The number of pyridine rings is 1. The number of aryl methyl sites for hydroxylation is 1. The van der Waals surface area contributed by atoms with Crippen LogP contribution in [-0.4, -0.2) is 10.9 Å². The zero-order chi connectivity index (χ0) is 13.1. The summed E-state index contributed by atoms with van der Waals surface area (Å²) in [5, 5.41) is 2.77. The van der Waals surface area contributed by atoms with Crippen molar-refractivity contribution in [2.45, 2.75) is 6.92 Å². The Kier molecular flexibility index (Phi) is 3.62. The van der Waals surface area contributed by atoms with Crippen molar-refractivity contribution in [3.05, 3.63) is 52.3 Å². The molecule has 4 nitrogen and oxygen atoms in total. The number of nitrogens with one attached hydrogen (secondary N) is 1. The second-order valence-corrected chi connectivity index (χ2v) is 4.79. The molecule has 0 atom stereocenters. The van der Waals surface area contributed by atoms with E-state index in [1.807, 2.05) is 19.1 Å². The maximum atomic E-state index is 12.1. The maximum Gasteiger partial charge on any atom is 0.256 e. The Balaban J connectivity index is 2.28. The molecule has 3 N–H and O–H groups in total. The SMILES string of the molecule is Cc1ccc(Br)cc1C(=O)Nc1ccncc1N. The highest BCUT2D eigenvalue weighted by Gasteiger charge is 2.11. The Bertz CT molecular complexity index is 599. The molecule has 0 saturated heterocycles. The Morgan fingerprint density at radius 2 is 2.17 bits per heavy atom. The quantitative estimate of drug-likeness (QED) is 0.896. The Morgan fingerprint density at radius 1 is 1.39 bits per heavy atom. The molecule has 1 amide bonds. The number of benzene rings is 1. The molecule has 0 fully saturated rings. The van der Waals surface area contributed by atoms with E-state index >= 15 is 0 Å². The van der Waals surface area contributed by atoms with Gasteiger partial charge in [0, 0.05) is 16.2 Å². The highest BCUT2D eigenvalue weighted by molar-refractivity contribution is 9.10. The number of aromatic nitrogens is 1. The number of hydrogen-bond acceptors (Lipinski definition) is 3. The zero-order valence-electron chi connectivity index (χ0n) is 9.77. The van der Waals surface area contributed by atoms with E-state index < -0.39 is 0 Å². The van der Waals surface area contributed by atoms with Crippen LogP contribution < -0.4 is 11.1 Å². The third kappa shape index (κ3) is 2.68. The fourth-order valence-electron chi connectivity index (χ4n) is 1.55. The van der Waals surface area contributed by atoms with Crippen LogP contribution in [0, 0.1) is 6.92 Å². The van der Waals surface area contributed by atoms with Gasteiger partial charge in [-0.3, -0.25) is 9.78 Å². The van der Waals surface area contributed by atoms with Crippen LogP contribution in [0.2, 0.25) is 0 Å². The Morgan fingerprint density at radius 3 is 2.89 bits per heavy atom. The van der Waals surface area contributed by atoms with Crippen LogP contribution in [0.1, 0.15) is 15.9 Å². The van der Waals surface area contributed by atoms with Gasteiger partial charge in [0.1, 0.15) is 0 Å². The molecule has 18 heavy (non-hydrogen) atoms. The van der Waals surface area contributed by atoms with E-state index in [1.165, 1.54) is 6.20 Å². The summed E-state index contributed by atoms with van der Waals surface area (Å²) in [4.78, 5) is 16.0. The van der Waals surface area contributed by atoms with Crippen molar-refractivity contribution >= 4 is 33.2 Å². The van der Waals surface area contributed by atoms with Crippen LogP contribution in [0.25, 0.3) is 0 Å². The third-order valence-electron chi connectivity index (χ3n) is 2.54. The molecule has 1 aromatic carbocycles. The fraction of sp³-hybridized carbons (Fsp3) is 0.0769. The van der Waals surface area contributed by atoms with Crippen LogP contribution in [0.4, 0.5) is 11.4 Å². The number of nitrogen functional groups attached to an aromatic ring is 1. The second kappa shape index (κ2) is 5.18. The number of nitrogens with zero attached hydrogens (tertiary/aromatic N) is 1. The fourth-order valence-corrected chi connectivity index (χ4v) is 1.91. The zero-order valence-corrected chi connectivity index (χ0v) is 11.4. The van der Waals surface area contributed by atoms with Gasteiger partial charge in [-0.1, -0.05) is 22.0 Å². The van der Waals surface area contributed by atoms with E-state index in [2.05, 4.69) is 26.2 Å². The van der Waals surface area contributed by atoms with Crippen molar-refractivity contribution in [3.63, 3.8) is 0 Å². The minimum absolute atomic E-state index is 0.188. The molecule has 0 spiro atoms. The van der Waals surface area contributed by atoms with Gasteiger partial charge in [0.15, 0.2) is 0 Å². The normalized spacial score (nSPS) is 10.1. The van der Waals surface area contributed by atoms with Crippen LogP contribution in [0.5, 0.6) is 0 Å². The smallest absolute Gasteiger partial charge is 0.256 e. The van der Waals surface area contributed by atoms with Crippen molar-refractivity contribution in [3.8, 4) is 0 Å². The largest absolute Gasteiger partial charge is 0.396 e. The molecular weight excluding hydrogens is 294 g/mol. The predicted octanol–water partition coefficient (Wildman–Crippen LogP) is 2.99.